The summed E-state index contributed by atoms with van der Waals surface area (Å²) >= 11 is 0. The van der Waals surface area contributed by atoms with Crippen molar-refractivity contribution in [2.45, 2.75) is 115 Å². The van der Waals surface area contributed by atoms with Crippen LogP contribution in [-0.4, -0.2) is 65.5 Å². The van der Waals surface area contributed by atoms with E-state index in [0.29, 0.717) is 59.8 Å². The van der Waals surface area contributed by atoms with Gasteiger partial charge in [-0.2, -0.15) is 0 Å². The van der Waals surface area contributed by atoms with Gasteiger partial charge in [-0.05, 0) is 150 Å². The number of hydrogen-bond acceptors (Lipinski definition) is 10. The number of benzene rings is 5. The normalized spacial score (nSPS) is 22.7. The summed E-state index contributed by atoms with van der Waals surface area (Å²) in [6.07, 6.45) is 15.3. The second-order valence-electron chi connectivity index (χ2n) is 20.8. The number of phenolic OH excluding ortho intramolecular Hbond substituents is 1. The maximum atomic E-state index is 14.3. The maximum absolute atomic E-state index is 14.3. The summed E-state index contributed by atoms with van der Waals surface area (Å²) in [5, 5.41) is 56.0. The number of ketones is 1. The number of aliphatic hydroxyl groups excluding tert-OH is 2. The first kappa shape index (κ1) is 52.8. The summed E-state index contributed by atoms with van der Waals surface area (Å²) in [7, 11) is 3.23. The van der Waals surface area contributed by atoms with Crippen molar-refractivity contribution in [1.82, 2.24) is 5.32 Å². The zero-order valence-corrected chi connectivity index (χ0v) is 43.6. The zero-order valence-electron chi connectivity index (χ0n) is 43.6. The number of allylic oxidation sites excluding steroid dienone is 4. The fourth-order valence-corrected chi connectivity index (χ4v) is 11.9. The van der Waals surface area contributed by atoms with Gasteiger partial charge in [0.1, 0.15) is 36.1 Å². The van der Waals surface area contributed by atoms with Crippen LogP contribution in [-0.2, 0) is 29.0 Å². The molecular formula is C63H72N4O8. The molecule has 0 saturated heterocycles. The average Bonchev–Trinajstić information content (AvgIpc) is 3.45. The summed E-state index contributed by atoms with van der Waals surface area (Å²) in [4.78, 5) is 18.3. The van der Waals surface area contributed by atoms with E-state index in [-0.39, 0.29) is 71.9 Å². The van der Waals surface area contributed by atoms with Crippen molar-refractivity contribution in [2.24, 2.45) is 28.5 Å². The van der Waals surface area contributed by atoms with E-state index in [1.165, 1.54) is 5.56 Å². The van der Waals surface area contributed by atoms with Gasteiger partial charge in [0, 0.05) is 66.6 Å². The van der Waals surface area contributed by atoms with Gasteiger partial charge in [-0.25, -0.2) is 0 Å². The number of hydrogen-bond donors (Lipinski definition) is 7. The van der Waals surface area contributed by atoms with Crippen molar-refractivity contribution < 1.29 is 39.4 Å². The van der Waals surface area contributed by atoms with E-state index < -0.39 is 18.3 Å². The van der Waals surface area contributed by atoms with Crippen LogP contribution in [0.4, 0.5) is 5.69 Å². The van der Waals surface area contributed by atoms with Crippen molar-refractivity contribution in [1.29, 1.82) is 0 Å². The number of ether oxygens (including phenoxy) is 3. The predicted octanol–water partition coefficient (Wildman–Crippen LogP) is 11.2. The standard InChI is InChI=1S/C63H72N4O8/c1-5-25-66-36-44-31-51(41-14-7-6-8-15-41)49-24-26-74-47(29-43-32-56(69)52(44)30-42(43)16-10-9-12-39-13-11-17-45(27-39)67-63(64)65-3)33-46(68)21-19-40-20-23-58(73-4)59(28-40)75-37-55-48-22-18-38(2)50-35-57(70)61(49)54(60(48)50)34-53(55)62(71)72/h6-8,11,13-15,17-18,20,22-23,27-28,30,32,34-35,38,42-44,47,49,51,62,66,69-72H,5,9-10,12,16,19,21,25,29,31,33,36-37H2,1-4H3,(H3,64,65,67)/t38-,42+,43-,44-,47-,49-,51-/m0/s1. The van der Waals surface area contributed by atoms with Crippen molar-refractivity contribution in [3.05, 3.63) is 159 Å². The lowest BCUT2D eigenvalue weighted by molar-refractivity contribution is -0.121. The first-order chi connectivity index (χ1) is 36.4. The molecule has 0 spiro atoms. The van der Waals surface area contributed by atoms with Crippen LogP contribution >= 0.6 is 0 Å². The molecule has 8 N–H and O–H groups in total. The number of aryl methyl sites for hydroxylation is 2. The van der Waals surface area contributed by atoms with Crippen LogP contribution in [0.25, 0.3) is 16.8 Å². The summed E-state index contributed by atoms with van der Waals surface area (Å²) in [5.74, 6) is 3.67. The van der Waals surface area contributed by atoms with E-state index in [1.54, 1.807) is 20.2 Å². The summed E-state index contributed by atoms with van der Waals surface area (Å²) in [5.41, 5.74) is 13.8. The molecule has 392 valence electrons. The third-order valence-electron chi connectivity index (χ3n) is 15.7. The molecular weight excluding hydrogens is 941 g/mol. The van der Waals surface area contributed by atoms with Gasteiger partial charge < -0.3 is 51.0 Å². The molecule has 5 aromatic carbocycles. The number of carbonyl (C=O) groups excluding carboxylic acids is 1. The molecule has 0 unspecified atom stereocenters. The number of aliphatic imine (C=N–C) groups is 1. The number of fused-ring (bicyclic) bond motifs is 8. The highest BCUT2D eigenvalue weighted by Crippen LogP contribution is 2.51. The number of guanidine groups is 1. The van der Waals surface area contributed by atoms with Gasteiger partial charge in [0.2, 0.25) is 0 Å². The van der Waals surface area contributed by atoms with Gasteiger partial charge in [0.25, 0.3) is 0 Å². The van der Waals surface area contributed by atoms with Gasteiger partial charge in [-0.1, -0.05) is 92.9 Å². The number of carbonyl (C=O) groups is 1. The third kappa shape index (κ3) is 12.1. The second kappa shape index (κ2) is 24.1. The Labute approximate surface area is 441 Å². The largest absolute Gasteiger partial charge is 0.508 e. The van der Waals surface area contributed by atoms with Crippen molar-refractivity contribution >= 4 is 34.3 Å². The molecule has 75 heavy (non-hydrogen) atoms. The average molecular weight is 1010 g/mol. The number of nitrogens with one attached hydrogen (secondary N) is 2. The first-order valence-electron chi connectivity index (χ1n) is 26.8. The number of rotatable bonds is 13. The van der Waals surface area contributed by atoms with Crippen LogP contribution in [0, 0.1) is 29.8 Å². The molecule has 0 fully saturated rings. The lowest BCUT2D eigenvalue weighted by atomic mass is 9.70. The number of Topliss-reactive ketones (excluding diaryl/α,β-unsaturated/α-hetero) is 1. The van der Waals surface area contributed by atoms with Gasteiger partial charge >= 0.3 is 0 Å². The molecule has 0 amide bonds. The molecule has 4 aliphatic heterocycles. The molecule has 0 radical (unpaired) electrons. The second-order valence-corrected chi connectivity index (χ2v) is 20.8. The number of phenols is 1. The first-order valence-corrected chi connectivity index (χ1v) is 26.8. The molecule has 12 heteroatoms. The number of methoxy groups -OCH3 is 1. The Hall–Kier alpha value is -7.04. The van der Waals surface area contributed by atoms with Gasteiger partial charge in [0.05, 0.1) is 13.0 Å². The van der Waals surface area contributed by atoms with E-state index in [4.69, 9.17) is 19.9 Å². The molecule has 4 heterocycles. The van der Waals surface area contributed by atoms with E-state index in [9.17, 15) is 25.2 Å². The van der Waals surface area contributed by atoms with E-state index >= 15 is 0 Å². The number of nitrogens with two attached hydrogens (primary N) is 1. The van der Waals surface area contributed by atoms with Crippen molar-refractivity contribution in [3.8, 4) is 29.3 Å². The highest BCUT2D eigenvalue weighted by atomic mass is 16.5. The van der Waals surface area contributed by atoms with Crippen LogP contribution in [0.3, 0.4) is 0 Å². The Morgan fingerprint density at radius 2 is 1.83 bits per heavy atom. The van der Waals surface area contributed by atoms with E-state index in [0.717, 1.165) is 77.5 Å². The molecule has 5 aromatic rings. The maximum Gasteiger partial charge on any atom is 0.192 e. The summed E-state index contributed by atoms with van der Waals surface area (Å²) < 4.78 is 19.1. The lowest BCUT2D eigenvalue weighted by Gasteiger charge is -2.35. The van der Waals surface area contributed by atoms with Crippen molar-refractivity contribution in [2.75, 3.05) is 32.6 Å². The van der Waals surface area contributed by atoms with Crippen LogP contribution in [0.15, 0.2) is 119 Å². The number of aromatic hydroxyl groups is 1. The predicted molar refractivity (Wildman–Crippen MR) is 297 cm³/mol. The molecule has 0 saturated carbocycles. The van der Waals surface area contributed by atoms with Crippen LogP contribution in [0.1, 0.15) is 134 Å². The Bertz CT molecular complexity index is 3060. The number of aliphatic hydroxyl groups is 3. The van der Waals surface area contributed by atoms with Crippen LogP contribution < -0.4 is 25.8 Å². The summed E-state index contributed by atoms with van der Waals surface area (Å²) in [6, 6.07) is 27.7. The minimum atomic E-state index is -1.89. The summed E-state index contributed by atoms with van der Waals surface area (Å²) in [6.45, 7) is 5.57. The number of nitrogens with zero attached hydrogens (tertiary/aromatic N) is 1. The van der Waals surface area contributed by atoms with Gasteiger partial charge in [-0.3, -0.25) is 9.79 Å². The number of unbranched alkanes of at least 4 members (excludes halogenated alkanes) is 1. The third-order valence-corrected chi connectivity index (χ3v) is 15.7. The van der Waals surface area contributed by atoms with E-state index in [2.05, 4.69) is 77.9 Å². The molecule has 10 bridgehead atoms. The molecule has 11 rings (SSSR count). The van der Waals surface area contributed by atoms with Gasteiger partial charge in [-0.15, -0.1) is 0 Å². The van der Waals surface area contributed by atoms with Gasteiger partial charge in [0.15, 0.2) is 23.7 Å². The highest BCUT2D eigenvalue weighted by molar-refractivity contribution is 6.01. The van der Waals surface area contributed by atoms with E-state index in [1.807, 2.05) is 66.7 Å². The minimum Gasteiger partial charge on any atom is -0.508 e. The monoisotopic (exact) mass is 1010 g/mol. The highest BCUT2D eigenvalue weighted by Gasteiger charge is 2.37. The Morgan fingerprint density at radius 3 is 2.61 bits per heavy atom. The molecule has 7 atom stereocenters. The Morgan fingerprint density at radius 1 is 0.987 bits per heavy atom. The SMILES string of the molecule is CCCNC[C@@H]1C[C@@H](c2ccccc2)[C@@H]2C#CO[C@H](CC(=O)CCc3ccc(OC)c(c3)OCc3c(C(O)O)cc4c2c(O)cc2c4c3C=C[C@@H]2C)C[C@H]2C=C(O)C1=C[C@H]2CCCCc1cccc(NC(N)=NC)c1. The zero-order chi connectivity index (χ0) is 52.6. The Kier molecular flexibility index (Phi) is 17.0. The number of anilines is 1. The van der Waals surface area contributed by atoms with Crippen LogP contribution in [0.5, 0.6) is 17.2 Å². The topological polar surface area (TPSA) is 188 Å². The quantitative estimate of drug-likeness (QED) is 0.0196. The molecule has 2 aliphatic carbocycles. The molecule has 12 nitrogen and oxygen atoms in total. The fraction of sp³-hybridized carbons (Fsp3) is 0.397. The van der Waals surface area contributed by atoms with Crippen molar-refractivity contribution in [3.63, 3.8) is 0 Å². The molecule has 6 aliphatic rings. The Balaban J connectivity index is 1.21. The molecule has 0 aromatic heterocycles. The smallest absolute Gasteiger partial charge is 0.192 e. The lowest BCUT2D eigenvalue weighted by Crippen LogP contribution is -2.31. The van der Waals surface area contributed by atoms with Crippen LogP contribution in [0.2, 0.25) is 0 Å². The fourth-order valence-electron chi connectivity index (χ4n) is 11.9. The minimum absolute atomic E-state index is 0.0154.